The largest absolute Gasteiger partial charge is 0.493 e. The molecule has 0 amide bonds. The van der Waals surface area contributed by atoms with Crippen molar-refractivity contribution in [1.82, 2.24) is 0 Å². The minimum Gasteiger partial charge on any atom is -0.493 e. The number of benzene rings is 4. The number of halogens is 2. The maximum atomic E-state index is 12.9. The first-order valence-corrected chi connectivity index (χ1v) is 14.4. The molecule has 1 heterocycles. The Kier molecular flexibility index (Phi) is 9.19. The lowest BCUT2D eigenvalue weighted by atomic mass is 9.83. The highest BCUT2D eigenvalue weighted by molar-refractivity contribution is 6.37. The highest BCUT2D eigenvalue weighted by Gasteiger charge is 2.32. The summed E-state index contributed by atoms with van der Waals surface area (Å²) in [5.74, 6) is 0.551. The molecule has 0 radical (unpaired) electrons. The summed E-state index contributed by atoms with van der Waals surface area (Å²) in [6, 6.07) is 23.4. The van der Waals surface area contributed by atoms with E-state index in [2.05, 4.69) is 6.07 Å². The van der Waals surface area contributed by atoms with Gasteiger partial charge >= 0.3 is 5.97 Å². The average Bonchev–Trinajstić information content (AvgIpc) is 3.01. The Hall–Kier alpha value is -4.84. The molecule has 2 N–H and O–H groups in total. The van der Waals surface area contributed by atoms with Crippen molar-refractivity contribution in [3.63, 3.8) is 0 Å². The number of fused-ring (bicyclic) bond motifs is 1. The van der Waals surface area contributed by atoms with Crippen LogP contribution in [0.25, 0.3) is 0 Å². The van der Waals surface area contributed by atoms with E-state index in [1.165, 1.54) is 23.8 Å². The van der Waals surface area contributed by atoms with Gasteiger partial charge in [-0.15, -0.1) is 0 Å². The predicted octanol–water partition coefficient (Wildman–Crippen LogP) is 7.73. The van der Waals surface area contributed by atoms with E-state index < -0.39 is 11.9 Å². The van der Waals surface area contributed by atoms with Crippen LogP contribution in [0.2, 0.25) is 10.0 Å². The van der Waals surface area contributed by atoms with Gasteiger partial charge in [-0.3, -0.25) is 0 Å². The number of ether oxygens (including phenoxy) is 5. The minimum atomic E-state index is -0.684. The summed E-state index contributed by atoms with van der Waals surface area (Å²) in [5, 5.41) is 10.4. The fourth-order valence-corrected chi connectivity index (χ4v) is 5.39. The highest BCUT2D eigenvalue weighted by atomic mass is 35.5. The van der Waals surface area contributed by atoms with Crippen LogP contribution in [0.3, 0.4) is 0 Å². The Labute approximate surface area is 265 Å². The molecule has 8 nitrogen and oxygen atoms in total. The zero-order valence-electron chi connectivity index (χ0n) is 24.1. The Balaban J connectivity index is 1.41. The topological polar surface area (TPSA) is 113 Å². The summed E-state index contributed by atoms with van der Waals surface area (Å²) >= 11 is 12.5. The molecule has 1 unspecified atom stereocenters. The molecule has 4 aromatic carbocycles. The SMILES string of the molecule is CCOc1c(Cl)cc(C(=O)Oc2ccc3c(c2)OC(N)=C(C#N)C3c2ccc(OCc3ccc(C)cc3)c(OC)c2)cc1Cl. The van der Waals surface area contributed by atoms with Crippen LogP contribution in [0.4, 0.5) is 0 Å². The number of nitriles is 1. The number of hydrogen-bond acceptors (Lipinski definition) is 8. The standard InChI is InChI=1S/C34H28Cl2N2O6/c1-4-41-32-26(35)13-22(14-27(32)36)34(39)43-23-10-11-24-29(16-23)44-33(38)25(17-37)31(24)21-9-12-28(30(15-21)40-3)42-18-20-7-5-19(2)6-8-20/h5-16,31H,4,18,38H2,1-3H3. The minimum absolute atomic E-state index is 0.0581. The molecule has 0 aromatic heterocycles. The van der Waals surface area contributed by atoms with Crippen LogP contribution in [-0.4, -0.2) is 19.7 Å². The van der Waals surface area contributed by atoms with Gasteiger partial charge in [0.05, 0.1) is 35.2 Å². The van der Waals surface area contributed by atoms with Gasteiger partial charge in [0.2, 0.25) is 5.88 Å². The lowest BCUT2D eigenvalue weighted by molar-refractivity contribution is 0.0734. The van der Waals surface area contributed by atoms with Crippen molar-refractivity contribution in [3.05, 3.63) is 122 Å². The van der Waals surface area contributed by atoms with E-state index in [4.69, 9.17) is 52.6 Å². The van der Waals surface area contributed by atoms with Crippen LogP contribution < -0.4 is 29.4 Å². The van der Waals surface area contributed by atoms with Crippen molar-refractivity contribution < 1.29 is 28.5 Å². The van der Waals surface area contributed by atoms with Crippen LogP contribution in [0.5, 0.6) is 28.7 Å². The summed E-state index contributed by atoms with van der Waals surface area (Å²) < 4.78 is 28.5. The smallest absolute Gasteiger partial charge is 0.343 e. The normalized spacial score (nSPS) is 13.8. The molecule has 1 aliphatic rings. The summed E-state index contributed by atoms with van der Waals surface area (Å²) in [6.45, 7) is 4.56. The zero-order chi connectivity index (χ0) is 31.4. The van der Waals surface area contributed by atoms with E-state index in [0.717, 1.165) is 11.1 Å². The van der Waals surface area contributed by atoms with Gasteiger partial charge in [-0.2, -0.15) is 5.26 Å². The van der Waals surface area contributed by atoms with Crippen LogP contribution in [0.15, 0.2) is 84.3 Å². The molecule has 0 fully saturated rings. The zero-order valence-corrected chi connectivity index (χ0v) is 25.7. The van der Waals surface area contributed by atoms with Gasteiger partial charge in [-0.25, -0.2) is 4.79 Å². The molecule has 4 aromatic rings. The number of carbonyl (C=O) groups is 1. The first-order valence-electron chi connectivity index (χ1n) is 13.6. The second-order valence-corrected chi connectivity index (χ2v) is 10.7. The van der Waals surface area contributed by atoms with E-state index >= 15 is 0 Å². The van der Waals surface area contributed by atoms with Crippen LogP contribution in [0.1, 0.15) is 45.5 Å². The van der Waals surface area contributed by atoms with Crippen LogP contribution in [0, 0.1) is 18.3 Å². The third-order valence-electron chi connectivity index (χ3n) is 6.96. The second-order valence-electron chi connectivity index (χ2n) is 9.90. The van der Waals surface area contributed by atoms with E-state index in [9.17, 15) is 10.1 Å². The monoisotopic (exact) mass is 630 g/mol. The molecule has 1 atom stereocenters. The molecule has 10 heteroatoms. The third-order valence-corrected chi connectivity index (χ3v) is 7.52. The first-order chi connectivity index (χ1) is 21.2. The van der Waals surface area contributed by atoms with Crippen LogP contribution >= 0.6 is 23.2 Å². The van der Waals surface area contributed by atoms with Gasteiger partial charge < -0.3 is 29.4 Å². The molecule has 44 heavy (non-hydrogen) atoms. The second kappa shape index (κ2) is 13.2. The number of esters is 1. The molecule has 0 saturated heterocycles. The van der Waals surface area contributed by atoms with Crippen molar-refractivity contribution in [1.29, 1.82) is 5.26 Å². The Morgan fingerprint density at radius 3 is 2.36 bits per heavy atom. The maximum Gasteiger partial charge on any atom is 0.343 e. The van der Waals surface area contributed by atoms with E-state index in [0.29, 0.717) is 41.8 Å². The molecule has 0 aliphatic carbocycles. The number of nitrogens with zero attached hydrogens (tertiary/aromatic N) is 1. The number of nitrogens with two attached hydrogens (primary N) is 1. The predicted molar refractivity (Wildman–Crippen MR) is 167 cm³/mol. The third kappa shape index (κ3) is 6.40. The fraction of sp³-hybridized carbons (Fsp3) is 0.176. The maximum absolute atomic E-state index is 12.9. The Morgan fingerprint density at radius 1 is 0.977 bits per heavy atom. The van der Waals surface area contributed by atoms with Crippen LogP contribution in [-0.2, 0) is 6.61 Å². The average molecular weight is 632 g/mol. The highest BCUT2D eigenvalue weighted by Crippen LogP contribution is 2.45. The number of allylic oxidation sites excluding steroid dienone is 1. The number of carbonyl (C=O) groups excluding carboxylic acids is 1. The summed E-state index contributed by atoms with van der Waals surface area (Å²) in [4.78, 5) is 12.9. The van der Waals surface area contributed by atoms with Gasteiger partial charge in [0, 0.05) is 11.6 Å². The summed E-state index contributed by atoms with van der Waals surface area (Å²) in [6.07, 6.45) is 0. The molecule has 0 bridgehead atoms. The van der Waals surface area contributed by atoms with Gasteiger partial charge in [-0.1, -0.05) is 65.2 Å². The Bertz CT molecular complexity index is 1770. The van der Waals surface area contributed by atoms with Crippen molar-refractivity contribution in [2.24, 2.45) is 5.73 Å². The molecule has 0 spiro atoms. The number of methoxy groups -OCH3 is 1. The number of rotatable bonds is 9. The van der Waals surface area contributed by atoms with Crippen molar-refractivity contribution in [2.75, 3.05) is 13.7 Å². The van der Waals surface area contributed by atoms with E-state index in [1.54, 1.807) is 32.2 Å². The van der Waals surface area contributed by atoms with Crippen molar-refractivity contribution in [3.8, 4) is 34.8 Å². The summed E-state index contributed by atoms with van der Waals surface area (Å²) in [7, 11) is 1.55. The van der Waals surface area contributed by atoms with E-state index in [1.807, 2.05) is 43.3 Å². The molecule has 0 saturated carbocycles. The van der Waals surface area contributed by atoms with Gasteiger partial charge in [0.15, 0.2) is 17.2 Å². The van der Waals surface area contributed by atoms with Crippen molar-refractivity contribution >= 4 is 29.2 Å². The lowest BCUT2D eigenvalue weighted by Gasteiger charge is -2.27. The van der Waals surface area contributed by atoms with Gasteiger partial charge in [-0.05, 0) is 55.3 Å². The first kappa shape index (κ1) is 30.6. The van der Waals surface area contributed by atoms with Gasteiger partial charge in [0.1, 0.15) is 29.7 Å². The number of aryl methyl sites for hydroxylation is 1. The Morgan fingerprint density at radius 2 is 1.70 bits per heavy atom. The molecular weight excluding hydrogens is 603 g/mol. The molecule has 5 rings (SSSR count). The quantitative estimate of drug-likeness (QED) is 0.148. The molecule has 224 valence electrons. The summed E-state index contributed by atoms with van der Waals surface area (Å²) in [5.41, 5.74) is 10.1. The lowest BCUT2D eigenvalue weighted by Crippen LogP contribution is -2.21. The number of hydrogen-bond donors (Lipinski definition) is 1. The van der Waals surface area contributed by atoms with E-state index in [-0.39, 0.29) is 32.8 Å². The molecular formula is C34H28Cl2N2O6. The fourth-order valence-electron chi connectivity index (χ4n) is 4.80. The van der Waals surface area contributed by atoms with Crippen molar-refractivity contribution in [2.45, 2.75) is 26.4 Å². The molecule has 1 aliphatic heterocycles. The van der Waals surface area contributed by atoms with Gasteiger partial charge in [0.25, 0.3) is 0 Å².